The number of anilines is 2. The quantitative estimate of drug-likeness (QED) is 0.833. The van der Waals surface area contributed by atoms with Gasteiger partial charge in [0, 0.05) is 32.2 Å². The van der Waals surface area contributed by atoms with Crippen molar-refractivity contribution in [2.24, 2.45) is 0 Å². The van der Waals surface area contributed by atoms with E-state index in [1.54, 1.807) is 18.2 Å². The van der Waals surface area contributed by atoms with E-state index in [4.69, 9.17) is 10.8 Å². The molecule has 21 heavy (non-hydrogen) atoms. The van der Waals surface area contributed by atoms with E-state index < -0.39 is 5.97 Å². The standard InChI is InChI=1S/C16H23N3O2/c17-14-6-5-12(16(20)21)11-15(14)19-9-7-18(8-10-19)13-3-1-2-4-13/h5-6,11,13H,1-4,7-10,17H2,(H,20,21). The lowest BCUT2D eigenvalue weighted by Gasteiger charge is -2.39. The van der Waals surface area contributed by atoms with Gasteiger partial charge in [-0.15, -0.1) is 0 Å². The van der Waals surface area contributed by atoms with Crippen LogP contribution < -0.4 is 10.6 Å². The minimum Gasteiger partial charge on any atom is -0.478 e. The van der Waals surface area contributed by atoms with E-state index in [-0.39, 0.29) is 0 Å². The first-order chi connectivity index (χ1) is 10.1. The second kappa shape index (κ2) is 5.93. The number of carboxylic acids is 1. The largest absolute Gasteiger partial charge is 0.478 e. The molecule has 3 N–H and O–H groups in total. The summed E-state index contributed by atoms with van der Waals surface area (Å²) in [6.07, 6.45) is 5.38. The summed E-state index contributed by atoms with van der Waals surface area (Å²) in [5, 5.41) is 9.12. The molecule has 2 fully saturated rings. The van der Waals surface area contributed by atoms with Crippen LogP contribution in [-0.4, -0.2) is 48.2 Å². The minimum absolute atomic E-state index is 0.303. The number of hydrogen-bond donors (Lipinski definition) is 2. The summed E-state index contributed by atoms with van der Waals surface area (Å²) in [6.45, 7) is 3.93. The molecular weight excluding hydrogens is 266 g/mol. The number of nitrogens with two attached hydrogens (primary N) is 1. The third-order valence-corrected chi connectivity index (χ3v) is 4.77. The Morgan fingerprint density at radius 2 is 1.81 bits per heavy atom. The molecule has 1 heterocycles. The number of rotatable bonds is 3. The van der Waals surface area contributed by atoms with Gasteiger partial charge in [0.25, 0.3) is 0 Å². The Kier molecular flexibility index (Phi) is 4.01. The first-order valence-electron chi connectivity index (χ1n) is 7.77. The van der Waals surface area contributed by atoms with Crippen molar-refractivity contribution < 1.29 is 9.90 Å². The fraction of sp³-hybridized carbons (Fsp3) is 0.562. The van der Waals surface area contributed by atoms with E-state index in [1.807, 2.05) is 0 Å². The molecule has 5 nitrogen and oxygen atoms in total. The highest BCUT2D eigenvalue weighted by atomic mass is 16.4. The van der Waals surface area contributed by atoms with Gasteiger partial charge >= 0.3 is 5.97 Å². The molecule has 1 saturated carbocycles. The average Bonchev–Trinajstić information content (AvgIpc) is 3.02. The normalized spacial score (nSPS) is 20.9. The molecule has 3 rings (SSSR count). The van der Waals surface area contributed by atoms with Gasteiger partial charge in [-0.25, -0.2) is 4.79 Å². The van der Waals surface area contributed by atoms with Crippen LogP contribution in [0.15, 0.2) is 18.2 Å². The van der Waals surface area contributed by atoms with Crippen LogP contribution in [0, 0.1) is 0 Å². The molecule has 2 aliphatic rings. The van der Waals surface area contributed by atoms with Gasteiger partial charge in [0.05, 0.1) is 16.9 Å². The van der Waals surface area contributed by atoms with Crippen molar-refractivity contribution in [1.29, 1.82) is 0 Å². The van der Waals surface area contributed by atoms with Gasteiger partial charge in [-0.05, 0) is 31.0 Å². The number of carboxylic acid groups (broad SMARTS) is 1. The van der Waals surface area contributed by atoms with E-state index in [2.05, 4.69) is 9.80 Å². The lowest BCUT2D eigenvalue weighted by atomic mass is 10.1. The highest BCUT2D eigenvalue weighted by Gasteiger charge is 2.26. The highest BCUT2D eigenvalue weighted by Crippen LogP contribution is 2.28. The fourth-order valence-corrected chi connectivity index (χ4v) is 3.55. The summed E-state index contributed by atoms with van der Waals surface area (Å²) >= 11 is 0. The van der Waals surface area contributed by atoms with E-state index in [1.165, 1.54) is 25.7 Å². The van der Waals surface area contributed by atoms with Gasteiger partial charge in [-0.1, -0.05) is 12.8 Å². The maximum absolute atomic E-state index is 11.1. The molecule has 1 aliphatic carbocycles. The predicted molar refractivity (Wildman–Crippen MR) is 83.9 cm³/mol. The maximum atomic E-state index is 11.1. The molecule has 1 saturated heterocycles. The van der Waals surface area contributed by atoms with Crippen LogP contribution in [0.4, 0.5) is 11.4 Å². The summed E-state index contributed by atoms with van der Waals surface area (Å²) in [4.78, 5) is 15.9. The van der Waals surface area contributed by atoms with Crippen molar-refractivity contribution in [3.05, 3.63) is 23.8 Å². The first-order valence-corrected chi connectivity index (χ1v) is 7.77. The second-order valence-electron chi connectivity index (χ2n) is 6.04. The highest BCUT2D eigenvalue weighted by molar-refractivity contribution is 5.90. The Balaban J connectivity index is 1.68. The molecule has 0 aromatic heterocycles. The number of piperazine rings is 1. The molecule has 1 aliphatic heterocycles. The van der Waals surface area contributed by atoms with Crippen molar-refractivity contribution >= 4 is 17.3 Å². The third-order valence-electron chi connectivity index (χ3n) is 4.77. The third kappa shape index (κ3) is 2.97. The Bertz CT molecular complexity index is 518. The van der Waals surface area contributed by atoms with Crippen molar-refractivity contribution in [2.75, 3.05) is 36.8 Å². The van der Waals surface area contributed by atoms with E-state index in [0.717, 1.165) is 37.9 Å². The SMILES string of the molecule is Nc1ccc(C(=O)O)cc1N1CCN(C2CCCC2)CC1. The molecule has 0 unspecified atom stereocenters. The molecule has 0 bridgehead atoms. The summed E-state index contributed by atoms with van der Waals surface area (Å²) < 4.78 is 0. The molecular formula is C16H23N3O2. The average molecular weight is 289 g/mol. The van der Waals surface area contributed by atoms with Crippen LogP contribution in [0.3, 0.4) is 0 Å². The summed E-state index contributed by atoms with van der Waals surface area (Å²) in [5.74, 6) is -0.902. The van der Waals surface area contributed by atoms with Crippen LogP contribution in [0.2, 0.25) is 0 Å². The lowest BCUT2D eigenvalue weighted by molar-refractivity contribution is 0.0697. The van der Waals surface area contributed by atoms with Crippen LogP contribution in [0.25, 0.3) is 0 Å². The lowest BCUT2D eigenvalue weighted by Crippen LogP contribution is -2.49. The Hall–Kier alpha value is -1.75. The van der Waals surface area contributed by atoms with E-state index in [0.29, 0.717) is 11.3 Å². The smallest absolute Gasteiger partial charge is 0.335 e. The molecule has 5 heteroatoms. The second-order valence-corrected chi connectivity index (χ2v) is 6.04. The van der Waals surface area contributed by atoms with Crippen molar-refractivity contribution in [3.8, 4) is 0 Å². The van der Waals surface area contributed by atoms with Crippen molar-refractivity contribution in [3.63, 3.8) is 0 Å². The number of nitrogens with zero attached hydrogens (tertiary/aromatic N) is 2. The van der Waals surface area contributed by atoms with Gasteiger partial charge in [-0.3, -0.25) is 4.90 Å². The Morgan fingerprint density at radius 1 is 1.14 bits per heavy atom. The van der Waals surface area contributed by atoms with Crippen LogP contribution >= 0.6 is 0 Å². The molecule has 0 radical (unpaired) electrons. The molecule has 1 aromatic carbocycles. The van der Waals surface area contributed by atoms with E-state index in [9.17, 15) is 4.79 Å². The van der Waals surface area contributed by atoms with E-state index >= 15 is 0 Å². The van der Waals surface area contributed by atoms with Gasteiger partial charge in [0.2, 0.25) is 0 Å². The predicted octanol–water partition coefficient (Wildman–Crippen LogP) is 2.03. The molecule has 114 valence electrons. The number of carbonyl (C=O) groups is 1. The number of hydrogen-bond acceptors (Lipinski definition) is 4. The number of aromatic carboxylic acids is 1. The molecule has 0 amide bonds. The first kappa shape index (κ1) is 14.2. The summed E-state index contributed by atoms with van der Waals surface area (Å²) in [5.41, 5.74) is 7.86. The van der Waals surface area contributed by atoms with Gasteiger partial charge in [0.1, 0.15) is 0 Å². The van der Waals surface area contributed by atoms with Crippen LogP contribution in [0.5, 0.6) is 0 Å². The Morgan fingerprint density at radius 3 is 2.43 bits per heavy atom. The molecule has 1 aromatic rings. The van der Waals surface area contributed by atoms with Gasteiger partial charge in [0.15, 0.2) is 0 Å². The maximum Gasteiger partial charge on any atom is 0.335 e. The van der Waals surface area contributed by atoms with Crippen molar-refractivity contribution in [1.82, 2.24) is 4.90 Å². The topological polar surface area (TPSA) is 69.8 Å². The zero-order valence-corrected chi connectivity index (χ0v) is 12.3. The molecule has 0 spiro atoms. The number of benzene rings is 1. The van der Waals surface area contributed by atoms with Gasteiger partial charge < -0.3 is 15.7 Å². The monoisotopic (exact) mass is 289 g/mol. The summed E-state index contributed by atoms with van der Waals surface area (Å²) in [7, 11) is 0. The minimum atomic E-state index is -0.902. The molecule has 0 atom stereocenters. The zero-order valence-electron chi connectivity index (χ0n) is 12.3. The van der Waals surface area contributed by atoms with Crippen molar-refractivity contribution in [2.45, 2.75) is 31.7 Å². The zero-order chi connectivity index (χ0) is 14.8. The number of nitrogen functional groups attached to an aromatic ring is 1. The van der Waals surface area contributed by atoms with Crippen LogP contribution in [-0.2, 0) is 0 Å². The summed E-state index contributed by atoms with van der Waals surface area (Å²) in [6, 6.07) is 5.72. The fourth-order valence-electron chi connectivity index (χ4n) is 3.55. The van der Waals surface area contributed by atoms with Gasteiger partial charge in [-0.2, -0.15) is 0 Å². The Labute approximate surface area is 125 Å². The van der Waals surface area contributed by atoms with Crippen LogP contribution in [0.1, 0.15) is 36.0 Å².